The van der Waals surface area contributed by atoms with Crippen LogP contribution < -0.4 is 11.1 Å². The van der Waals surface area contributed by atoms with Crippen LogP contribution in [0.3, 0.4) is 0 Å². The Bertz CT molecular complexity index is 425. The fourth-order valence-corrected chi connectivity index (χ4v) is 2.62. The molecule has 5 nitrogen and oxygen atoms in total. The highest BCUT2D eigenvalue weighted by Gasteiger charge is 2.15. The molecule has 1 saturated heterocycles. The first kappa shape index (κ1) is 15.1. The zero-order chi connectivity index (χ0) is 14.4. The largest absolute Gasteiger partial charge is 0.467 e. The number of nitrogens with one attached hydrogen (secondary N) is 1. The number of nitrogens with zero attached hydrogens (tertiary/aromatic N) is 1. The van der Waals surface area contributed by atoms with Crippen LogP contribution >= 0.6 is 0 Å². The SMILES string of the molecule is CC(CNC(=O)c1coc(CN)c1)CN1CCCCC1. The van der Waals surface area contributed by atoms with E-state index in [0.29, 0.717) is 30.3 Å². The summed E-state index contributed by atoms with van der Waals surface area (Å²) in [5.74, 6) is 1.01. The second-order valence-corrected chi connectivity index (χ2v) is 5.68. The van der Waals surface area contributed by atoms with Crippen molar-refractivity contribution >= 4 is 5.91 Å². The first-order chi connectivity index (χ1) is 9.69. The minimum Gasteiger partial charge on any atom is -0.467 e. The van der Waals surface area contributed by atoms with Gasteiger partial charge in [-0.2, -0.15) is 0 Å². The quantitative estimate of drug-likeness (QED) is 0.829. The predicted octanol–water partition coefficient (Wildman–Crippen LogP) is 1.59. The molecule has 1 atom stereocenters. The number of rotatable bonds is 6. The van der Waals surface area contributed by atoms with Gasteiger partial charge in [-0.15, -0.1) is 0 Å². The van der Waals surface area contributed by atoms with E-state index in [-0.39, 0.29) is 5.91 Å². The van der Waals surface area contributed by atoms with Gasteiger partial charge < -0.3 is 20.4 Å². The third-order valence-electron chi connectivity index (χ3n) is 3.75. The molecule has 1 aromatic heterocycles. The molecule has 5 heteroatoms. The summed E-state index contributed by atoms with van der Waals surface area (Å²) < 4.78 is 5.17. The summed E-state index contributed by atoms with van der Waals surface area (Å²) in [5.41, 5.74) is 6.01. The van der Waals surface area contributed by atoms with Gasteiger partial charge in [0.2, 0.25) is 0 Å². The van der Waals surface area contributed by atoms with Crippen LogP contribution in [-0.4, -0.2) is 37.0 Å². The molecule has 1 aliphatic rings. The monoisotopic (exact) mass is 279 g/mol. The summed E-state index contributed by atoms with van der Waals surface area (Å²) in [5, 5.41) is 2.96. The first-order valence-corrected chi connectivity index (χ1v) is 7.47. The Morgan fingerprint density at radius 2 is 2.20 bits per heavy atom. The molecule has 1 amide bonds. The number of nitrogens with two attached hydrogens (primary N) is 1. The van der Waals surface area contributed by atoms with Crippen LogP contribution in [0.25, 0.3) is 0 Å². The van der Waals surface area contributed by atoms with Gasteiger partial charge in [-0.05, 0) is 37.9 Å². The highest BCUT2D eigenvalue weighted by molar-refractivity contribution is 5.93. The molecule has 1 fully saturated rings. The third-order valence-corrected chi connectivity index (χ3v) is 3.75. The molecule has 0 spiro atoms. The molecular formula is C15H25N3O2. The summed E-state index contributed by atoms with van der Waals surface area (Å²) in [6, 6.07) is 1.70. The second-order valence-electron chi connectivity index (χ2n) is 5.68. The lowest BCUT2D eigenvalue weighted by Gasteiger charge is -2.29. The van der Waals surface area contributed by atoms with Crippen molar-refractivity contribution in [3.63, 3.8) is 0 Å². The highest BCUT2D eigenvalue weighted by Crippen LogP contribution is 2.11. The number of likely N-dealkylation sites (tertiary alicyclic amines) is 1. The molecule has 0 radical (unpaired) electrons. The van der Waals surface area contributed by atoms with E-state index in [1.807, 2.05) is 0 Å². The van der Waals surface area contributed by atoms with E-state index in [1.165, 1.54) is 38.6 Å². The molecule has 2 rings (SSSR count). The summed E-state index contributed by atoms with van der Waals surface area (Å²) >= 11 is 0. The fraction of sp³-hybridized carbons (Fsp3) is 0.667. The van der Waals surface area contributed by atoms with Gasteiger partial charge >= 0.3 is 0 Å². The smallest absolute Gasteiger partial charge is 0.254 e. The number of carbonyl (C=O) groups is 1. The number of amides is 1. The van der Waals surface area contributed by atoms with Crippen molar-refractivity contribution in [2.75, 3.05) is 26.2 Å². The average Bonchev–Trinajstić information content (AvgIpc) is 2.95. The fourth-order valence-electron chi connectivity index (χ4n) is 2.62. The lowest BCUT2D eigenvalue weighted by Crippen LogP contribution is -2.37. The predicted molar refractivity (Wildman–Crippen MR) is 78.4 cm³/mol. The maximum Gasteiger partial charge on any atom is 0.254 e. The molecule has 0 bridgehead atoms. The summed E-state index contributed by atoms with van der Waals surface area (Å²) in [4.78, 5) is 14.4. The topological polar surface area (TPSA) is 71.5 Å². The van der Waals surface area contributed by atoms with Crippen LogP contribution in [0.15, 0.2) is 16.7 Å². The van der Waals surface area contributed by atoms with E-state index in [4.69, 9.17) is 10.2 Å². The van der Waals surface area contributed by atoms with Crippen molar-refractivity contribution in [2.24, 2.45) is 11.7 Å². The number of hydrogen-bond acceptors (Lipinski definition) is 4. The van der Waals surface area contributed by atoms with Gasteiger partial charge in [0, 0.05) is 13.1 Å². The van der Waals surface area contributed by atoms with Gasteiger partial charge in [0.05, 0.1) is 12.1 Å². The molecule has 3 N–H and O–H groups in total. The zero-order valence-corrected chi connectivity index (χ0v) is 12.2. The van der Waals surface area contributed by atoms with Crippen molar-refractivity contribution in [3.05, 3.63) is 23.7 Å². The number of piperidine rings is 1. The van der Waals surface area contributed by atoms with Crippen LogP contribution in [0.5, 0.6) is 0 Å². The Kier molecular flexibility index (Phi) is 5.61. The minimum atomic E-state index is -0.0843. The van der Waals surface area contributed by atoms with Crippen molar-refractivity contribution < 1.29 is 9.21 Å². The summed E-state index contributed by atoms with van der Waals surface area (Å²) in [6.45, 7) is 6.63. The second kappa shape index (κ2) is 7.45. The Balaban J connectivity index is 1.71. The Morgan fingerprint density at radius 1 is 1.45 bits per heavy atom. The van der Waals surface area contributed by atoms with Crippen molar-refractivity contribution in [1.82, 2.24) is 10.2 Å². The molecule has 2 heterocycles. The molecule has 112 valence electrons. The molecule has 1 aromatic rings. The van der Waals surface area contributed by atoms with E-state index in [2.05, 4.69) is 17.1 Å². The molecular weight excluding hydrogens is 254 g/mol. The Hall–Kier alpha value is -1.33. The first-order valence-electron chi connectivity index (χ1n) is 7.47. The standard InChI is InChI=1S/C15H25N3O2/c1-12(10-18-5-3-2-4-6-18)9-17-15(19)13-7-14(8-16)20-11-13/h7,11-12H,2-6,8-10,16H2,1H3,(H,17,19). The maximum atomic E-state index is 11.9. The molecule has 1 aliphatic heterocycles. The van der Waals surface area contributed by atoms with Gasteiger partial charge in [0.1, 0.15) is 12.0 Å². The van der Waals surface area contributed by atoms with Crippen molar-refractivity contribution in [1.29, 1.82) is 0 Å². The van der Waals surface area contributed by atoms with Crippen LogP contribution in [0, 0.1) is 5.92 Å². The molecule has 20 heavy (non-hydrogen) atoms. The van der Waals surface area contributed by atoms with E-state index in [9.17, 15) is 4.79 Å². The van der Waals surface area contributed by atoms with Crippen molar-refractivity contribution in [3.8, 4) is 0 Å². The molecule has 0 aliphatic carbocycles. The van der Waals surface area contributed by atoms with E-state index in [1.54, 1.807) is 6.07 Å². The maximum absolute atomic E-state index is 11.9. The molecule has 0 aromatic carbocycles. The van der Waals surface area contributed by atoms with Crippen LogP contribution in [0.2, 0.25) is 0 Å². The molecule has 1 unspecified atom stereocenters. The lowest BCUT2D eigenvalue weighted by molar-refractivity contribution is 0.0942. The zero-order valence-electron chi connectivity index (χ0n) is 12.2. The highest BCUT2D eigenvalue weighted by atomic mass is 16.3. The summed E-state index contributed by atoms with van der Waals surface area (Å²) in [7, 11) is 0. The van der Waals surface area contributed by atoms with Crippen molar-refractivity contribution in [2.45, 2.75) is 32.7 Å². The van der Waals surface area contributed by atoms with E-state index in [0.717, 1.165) is 6.54 Å². The van der Waals surface area contributed by atoms with Crippen LogP contribution in [0.1, 0.15) is 42.3 Å². The van der Waals surface area contributed by atoms with Crippen LogP contribution in [0.4, 0.5) is 0 Å². The van der Waals surface area contributed by atoms with E-state index < -0.39 is 0 Å². The number of hydrogen-bond donors (Lipinski definition) is 2. The molecule has 0 saturated carbocycles. The van der Waals surface area contributed by atoms with Crippen LogP contribution in [-0.2, 0) is 6.54 Å². The van der Waals surface area contributed by atoms with E-state index >= 15 is 0 Å². The lowest BCUT2D eigenvalue weighted by atomic mass is 10.1. The van der Waals surface area contributed by atoms with Gasteiger partial charge in [0.25, 0.3) is 5.91 Å². The number of carbonyl (C=O) groups excluding carboxylic acids is 1. The minimum absolute atomic E-state index is 0.0843. The van der Waals surface area contributed by atoms with Gasteiger partial charge in [0.15, 0.2) is 0 Å². The summed E-state index contributed by atoms with van der Waals surface area (Å²) in [6.07, 6.45) is 5.42. The number of furan rings is 1. The van der Waals surface area contributed by atoms with Gasteiger partial charge in [-0.1, -0.05) is 13.3 Å². The average molecular weight is 279 g/mol. The van der Waals surface area contributed by atoms with Gasteiger partial charge in [-0.3, -0.25) is 4.79 Å². The normalized spacial score (nSPS) is 17.9. The Morgan fingerprint density at radius 3 is 2.85 bits per heavy atom. The Labute approximate surface area is 120 Å². The third kappa shape index (κ3) is 4.35. The van der Waals surface area contributed by atoms with Gasteiger partial charge in [-0.25, -0.2) is 0 Å².